The van der Waals surface area contributed by atoms with E-state index < -0.39 is 0 Å². The van der Waals surface area contributed by atoms with Crippen molar-refractivity contribution in [3.05, 3.63) is 84.6 Å². The van der Waals surface area contributed by atoms with Crippen molar-refractivity contribution < 1.29 is 9.53 Å². The predicted octanol–water partition coefficient (Wildman–Crippen LogP) is 8.36. The van der Waals surface area contributed by atoms with Crippen molar-refractivity contribution in [3.63, 3.8) is 0 Å². The molecule has 1 N–H and O–H groups in total. The summed E-state index contributed by atoms with van der Waals surface area (Å²) >= 11 is 3.55. The zero-order chi connectivity index (χ0) is 22.1. The fourth-order valence-electron chi connectivity index (χ4n) is 4.93. The van der Waals surface area contributed by atoms with E-state index in [4.69, 9.17) is 4.74 Å². The number of benzene rings is 4. The molecule has 0 aliphatic carbocycles. The van der Waals surface area contributed by atoms with Crippen molar-refractivity contribution >= 4 is 79.9 Å². The van der Waals surface area contributed by atoms with Crippen LogP contribution in [-0.4, -0.2) is 18.1 Å². The second kappa shape index (κ2) is 6.91. The van der Waals surface area contributed by atoms with Crippen LogP contribution in [0.1, 0.15) is 10.5 Å². The zero-order valence-electron chi connectivity index (χ0n) is 17.6. The highest BCUT2D eigenvalue weighted by Crippen LogP contribution is 2.47. The molecule has 0 radical (unpaired) electrons. The van der Waals surface area contributed by atoms with E-state index >= 15 is 0 Å². The standard InChI is InChI=1S/C28H17NO2S2/c1-31-28(30)25-23(19-10-6-9-17-15-7-2-4-11-21(15)32-26(17)19)24-20(29-25)14-13-18-16-8-3-5-12-22(16)33-27(18)24/h2-14,29H,1H3. The normalized spacial score (nSPS) is 11.9. The van der Waals surface area contributed by atoms with E-state index in [2.05, 4.69) is 83.8 Å². The lowest BCUT2D eigenvalue weighted by molar-refractivity contribution is 0.0596. The first kappa shape index (κ1) is 18.9. The Hall–Kier alpha value is -3.67. The molecule has 0 saturated carbocycles. The van der Waals surface area contributed by atoms with E-state index in [1.807, 2.05) is 0 Å². The van der Waals surface area contributed by atoms with Crippen LogP contribution in [0, 0.1) is 0 Å². The van der Waals surface area contributed by atoms with E-state index in [-0.39, 0.29) is 5.97 Å². The third kappa shape index (κ3) is 2.58. The number of carbonyl (C=O) groups excluding carboxylic acids is 1. The molecule has 5 heteroatoms. The van der Waals surface area contributed by atoms with Gasteiger partial charge in [0, 0.05) is 62.4 Å². The Labute approximate surface area is 196 Å². The molecule has 0 atom stereocenters. The Morgan fingerprint density at radius 1 is 0.727 bits per heavy atom. The first-order chi connectivity index (χ1) is 16.2. The van der Waals surface area contributed by atoms with Gasteiger partial charge in [-0.05, 0) is 18.2 Å². The molecular formula is C28H17NO2S2. The van der Waals surface area contributed by atoms with Gasteiger partial charge in [-0.25, -0.2) is 4.79 Å². The number of esters is 1. The van der Waals surface area contributed by atoms with Gasteiger partial charge in [0.2, 0.25) is 0 Å². The second-order valence-electron chi connectivity index (χ2n) is 8.11. The Kier molecular flexibility index (Phi) is 3.95. The molecule has 0 spiro atoms. The molecule has 3 heterocycles. The lowest BCUT2D eigenvalue weighted by atomic mass is 9.98. The van der Waals surface area contributed by atoms with Gasteiger partial charge in [0.1, 0.15) is 5.69 Å². The minimum atomic E-state index is -0.353. The largest absolute Gasteiger partial charge is 0.464 e. The molecule has 158 valence electrons. The summed E-state index contributed by atoms with van der Waals surface area (Å²) in [5, 5.41) is 5.99. The highest BCUT2D eigenvalue weighted by molar-refractivity contribution is 7.27. The summed E-state index contributed by atoms with van der Waals surface area (Å²) in [4.78, 5) is 16.3. The van der Waals surface area contributed by atoms with Crippen LogP contribution in [0.4, 0.5) is 0 Å². The number of hydrogen-bond donors (Lipinski definition) is 1. The van der Waals surface area contributed by atoms with Gasteiger partial charge in [-0.15, -0.1) is 22.7 Å². The van der Waals surface area contributed by atoms with Crippen LogP contribution in [0.15, 0.2) is 78.9 Å². The van der Waals surface area contributed by atoms with Crippen molar-refractivity contribution in [2.24, 2.45) is 0 Å². The molecule has 33 heavy (non-hydrogen) atoms. The lowest BCUT2D eigenvalue weighted by Crippen LogP contribution is -2.03. The van der Waals surface area contributed by atoms with Crippen molar-refractivity contribution in [3.8, 4) is 11.1 Å². The first-order valence-electron chi connectivity index (χ1n) is 10.7. The van der Waals surface area contributed by atoms with Gasteiger partial charge in [-0.2, -0.15) is 0 Å². The predicted molar refractivity (Wildman–Crippen MR) is 141 cm³/mol. The van der Waals surface area contributed by atoms with Crippen molar-refractivity contribution in [2.75, 3.05) is 7.11 Å². The monoisotopic (exact) mass is 463 g/mol. The molecule has 0 fully saturated rings. The summed E-state index contributed by atoms with van der Waals surface area (Å²) in [6, 6.07) is 27.6. The third-order valence-corrected chi connectivity index (χ3v) is 8.79. The molecule has 0 saturated heterocycles. The molecule has 0 aliphatic heterocycles. The maximum Gasteiger partial charge on any atom is 0.355 e. The van der Waals surface area contributed by atoms with E-state index in [0.717, 1.165) is 22.0 Å². The molecule has 7 rings (SSSR count). The number of nitrogens with one attached hydrogen (secondary N) is 1. The maximum absolute atomic E-state index is 12.9. The van der Waals surface area contributed by atoms with Crippen LogP contribution in [0.5, 0.6) is 0 Å². The number of H-pyrrole nitrogens is 1. The Morgan fingerprint density at radius 2 is 1.36 bits per heavy atom. The van der Waals surface area contributed by atoms with Crippen LogP contribution in [0.2, 0.25) is 0 Å². The topological polar surface area (TPSA) is 42.1 Å². The van der Waals surface area contributed by atoms with E-state index in [1.165, 1.54) is 47.5 Å². The molecule has 3 aromatic heterocycles. The number of fused-ring (bicyclic) bond motifs is 8. The second-order valence-corrected chi connectivity index (χ2v) is 10.2. The SMILES string of the molecule is COC(=O)c1[nH]c2ccc3c4ccccc4sc3c2c1-c1cccc2c1sc1ccccc12. The Balaban J connectivity index is 1.69. The van der Waals surface area contributed by atoms with Gasteiger partial charge in [-0.3, -0.25) is 0 Å². The van der Waals surface area contributed by atoms with Crippen molar-refractivity contribution in [2.45, 2.75) is 0 Å². The number of aromatic amines is 1. The summed E-state index contributed by atoms with van der Waals surface area (Å²) in [6.07, 6.45) is 0. The Bertz CT molecular complexity index is 1890. The van der Waals surface area contributed by atoms with Gasteiger partial charge >= 0.3 is 5.97 Å². The molecule has 0 unspecified atom stereocenters. The smallest absolute Gasteiger partial charge is 0.355 e. The summed E-state index contributed by atoms with van der Waals surface area (Å²) in [5.74, 6) is -0.353. The number of hydrogen-bond acceptors (Lipinski definition) is 4. The minimum Gasteiger partial charge on any atom is -0.464 e. The van der Waals surface area contributed by atoms with E-state index in [1.54, 1.807) is 22.7 Å². The average molecular weight is 464 g/mol. The van der Waals surface area contributed by atoms with Gasteiger partial charge in [0.15, 0.2) is 0 Å². The first-order valence-corrected chi connectivity index (χ1v) is 12.3. The van der Waals surface area contributed by atoms with Crippen LogP contribution < -0.4 is 0 Å². The van der Waals surface area contributed by atoms with Crippen LogP contribution in [-0.2, 0) is 4.74 Å². The number of carbonyl (C=O) groups is 1. The van der Waals surface area contributed by atoms with Crippen molar-refractivity contribution in [1.29, 1.82) is 0 Å². The van der Waals surface area contributed by atoms with Gasteiger partial charge < -0.3 is 9.72 Å². The minimum absolute atomic E-state index is 0.353. The molecule has 0 aliphatic rings. The van der Waals surface area contributed by atoms with E-state index in [0.29, 0.717) is 5.69 Å². The molecule has 0 bridgehead atoms. The maximum atomic E-state index is 12.9. The lowest BCUT2D eigenvalue weighted by Gasteiger charge is -2.06. The summed E-state index contributed by atoms with van der Waals surface area (Å²) < 4.78 is 10.1. The number of aromatic nitrogens is 1. The van der Waals surface area contributed by atoms with E-state index in [9.17, 15) is 4.79 Å². The average Bonchev–Trinajstić information content (AvgIpc) is 3.54. The third-order valence-electron chi connectivity index (χ3n) is 6.37. The van der Waals surface area contributed by atoms with Crippen molar-refractivity contribution in [1.82, 2.24) is 4.98 Å². The molecule has 4 aromatic carbocycles. The highest BCUT2D eigenvalue weighted by atomic mass is 32.1. The van der Waals surface area contributed by atoms with Crippen LogP contribution in [0.3, 0.4) is 0 Å². The number of rotatable bonds is 2. The molecule has 3 nitrogen and oxygen atoms in total. The van der Waals surface area contributed by atoms with Gasteiger partial charge in [0.25, 0.3) is 0 Å². The Morgan fingerprint density at radius 3 is 2.09 bits per heavy atom. The molecule has 7 aromatic rings. The van der Waals surface area contributed by atoms with Crippen LogP contribution in [0.25, 0.3) is 62.4 Å². The number of thiophene rings is 2. The zero-order valence-corrected chi connectivity index (χ0v) is 19.3. The summed E-state index contributed by atoms with van der Waals surface area (Å²) in [5.41, 5.74) is 3.43. The molecular weight excluding hydrogens is 446 g/mol. The summed E-state index contributed by atoms with van der Waals surface area (Å²) in [7, 11) is 1.44. The fourth-order valence-corrected chi connectivity index (χ4v) is 7.41. The quantitative estimate of drug-likeness (QED) is 0.262. The molecule has 0 amide bonds. The van der Waals surface area contributed by atoms with Gasteiger partial charge in [-0.1, -0.05) is 60.7 Å². The number of ether oxygens (including phenoxy) is 1. The number of methoxy groups -OCH3 is 1. The summed E-state index contributed by atoms with van der Waals surface area (Å²) in [6.45, 7) is 0. The highest BCUT2D eigenvalue weighted by Gasteiger charge is 2.24. The van der Waals surface area contributed by atoms with Gasteiger partial charge in [0.05, 0.1) is 7.11 Å². The fraction of sp³-hybridized carbons (Fsp3) is 0.0357. The van der Waals surface area contributed by atoms with Crippen LogP contribution >= 0.6 is 22.7 Å².